The Balaban J connectivity index is 0. The second-order valence-electron chi connectivity index (χ2n) is 0. The first-order valence-electron chi connectivity index (χ1n) is 0. The Morgan fingerprint density at radius 1 is 0.400 bits per heavy atom. The van der Waals surface area contributed by atoms with Gasteiger partial charge in [0.1, 0.15) is 0 Å². The summed E-state index contributed by atoms with van der Waals surface area (Å²) in [5.41, 5.74) is 0. The van der Waals surface area contributed by atoms with Crippen molar-refractivity contribution in [1.29, 1.82) is 0 Å². The van der Waals surface area contributed by atoms with Crippen LogP contribution < -0.4 is 0 Å². The van der Waals surface area contributed by atoms with Crippen molar-refractivity contribution >= 4 is 69.4 Å². The summed E-state index contributed by atoms with van der Waals surface area (Å²) in [4.78, 5) is 0. The molecule has 0 aromatic rings. The molecule has 0 rings (SSSR count). The number of hydrogen-bond acceptors (Lipinski definition) is 0. The van der Waals surface area contributed by atoms with Gasteiger partial charge in [-0.2, -0.15) is 0 Å². The molecule has 12 radical (unpaired) electrons. The maximum absolute atomic E-state index is 0. The number of hydrogen-bond donors (Lipinski definition) is 0. The first-order valence-corrected chi connectivity index (χ1v) is 0. The van der Waals surface area contributed by atoms with E-state index in [2.05, 4.69) is 0 Å². The van der Waals surface area contributed by atoms with E-state index in [1.807, 2.05) is 0 Å². The molecule has 0 atom stereocenters. The van der Waals surface area contributed by atoms with Gasteiger partial charge in [-0.05, 0) is 0 Å². The van der Waals surface area contributed by atoms with Crippen molar-refractivity contribution in [2.45, 2.75) is 0 Å². The van der Waals surface area contributed by atoms with Crippen LogP contribution in [0.1, 0.15) is 0 Å². The first kappa shape index (κ1) is 45.8. The Labute approximate surface area is 89.3 Å². The predicted octanol–water partition coefficient (Wildman–Crippen LogP) is -1.53. The summed E-state index contributed by atoms with van der Waals surface area (Å²) in [6, 6.07) is 0. The van der Waals surface area contributed by atoms with Crippen LogP contribution in [-0.2, 0) is 21.1 Å². The minimum atomic E-state index is 0. The normalized spacial score (nSPS) is 0. The van der Waals surface area contributed by atoms with Gasteiger partial charge in [0.05, 0.1) is 0 Å². The Kier molecular flexibility index (Phi) is 266. The minimum absolute atomic E-state index is 0. The van der Waals surface area contributed by atoms with E-state index in [0.717, 1.165) is 0 Å². The van der Waals surface area contributed by atoms with E-state index < -0.39 is 0 Å². The molecule has 5 heavy (non-hydrogen) atoms. The van der Waals surface area contributed by atoms with Crippen LogP contribution >= 0.6 is 0 Å². The van der Waals surface area contributed by atoms with Gasteiger partial charge in [-0.25, -0.2) is 0 Å². The molecule has 0 N–H and O–H groups in total. The van der Waals surface area contributed by atoms with E-state index in [-0.39, 0.29) is 90.5 Å². The van der Waals surface area contributed by atoms with Crippen molar-refractivity contribution in [3.05, 3.63) is 0 Å². The molecular formula is Al4W. The average molecular weight is 292 g/mol. The second kappa shape index (κ2) is 29.1. The molecule has 0 nitrogen and oxygen atoms in total. The molecule has 0 unspecified atom stereocenters. The molecule has 0 aliphatic rings. The molecule has 0 saturated carbocycles. The third-order valence-corrected chi connectivity index (χ3v) is 0. The van der Waals surface area contributed by atoms with Crippen molar-refractivity contribution in [2.75, 3.05) is 0 Å². The molecular weight excluding hydrogens is 292 g/mol. The molecule has 0 bridgehead atoms. The summed E-state index contributed by atoms with van der Waals surface area (Å²) in [6.45, 7) is 0. The Hall–Kier alpha value is 2.82. The average Bonchev–Trinajstić information content (AvgIpc) is 0. The van der Waals surface area contributed by atoms with E-state index in [0.29, 0.717) is 0 Å². The van der Waals surface area contributed by atoms with E-state index in [1.54, 1.807) is 0 Å². The summed E-state index contributed by atoms with van der Waals surface area (Å²) >= 11 is 0. The van der Waals surface area contributed by atoms with Gasteiger partial charge in [0, 0.05) is 90.5 Å². The van der Waals surface area contributed by atoms with E-state index in [4.69, 9.17) is 0 Å². The van der Waals surface area contributed by atoms with Crippen molar-refractivity contribution in [3.8, 4) is 0 Å². The fourth-order valence-electron chi connectivity index (χ4n) is 0. The summed E-state index contributed by atoms with van der Waals surface area (Å²) in [7, 11) is 0. The van der Waals surface area contributed by atoms with E-state index >= 15 is 0 Å². The molecule has 0 saturated heterocycles. The molecule has 0 fully saturated rings. The van der Waals surface area contributed by atoms with Crippen LogP contribution in [0.2, 0.25) is 0 Å². The summed E-state index contributed by atoms with van der Waals surface area (Å²) in [5, 5.41) is 0. The molecule has 0 heterocycles. The van der Waals surface area contributed by atoms with Gasteiger partial charge in [-0.15, -0.1) is 0 Å². The standard InChI is InChI=1S/4Al.W. The zero-order chi connectivity index (χ0) is 0. The molecule has 5 heteroatoms. The van der Waals surface area contributed by atoms with Crippen molar-refractivity contribution < 1.29 is 21.1 Å². The van der Waals surface area contributed by atoms with Gasteiger partial charge in [-0.3, -0.25) is 0 Å². The minimum Gasteiger partial charge on any atom is 0 e. The van der Waals surface area contributed by atoms with Gasteiger partial charge in [0.2, 0.25) is 0 Å². The quantitative estimate of drug-likeness (QED) is 0.476. The van der Waals surface area contributed by atoms with Crippen molar-refractivity contribution in [2.24, 2.45) is 0 Å². The molecule has 0 aliphatic carbocycles. The maximum Gasteiger partial charge on any atom is 0 e. The van der Waals surface area contributed by atoms with Crippen LogP contribution in [0, 0.1) is 0 Å². The van der Waals surface area contributed by atoms with E-state index in [1.165, 1.54) is 0 Å². The van der Waals surface area contributed by atoms with Crippen LogP contribution in [0.5, 0.6) is 0 Å². The van der Waals surface area contributed by atoms with Crippen LogP contribution in [0.15, 0.2) is 0 Å². The van der Waals surface area contributed by atoms with Gasteiger partial charge in [-0.1, -0.05) is 0 Å². The van der Waals surface area contributed by atoms with Gasteiger partial charge in [0.15, 0.2) is 0 Å². The summed E-state index contributed by atoms with van der Waals surface area (Å²) in [5.74, 6) is 0. The van der Waals surface area contributed by atoms with Gasteiger partial charge in [0.25, 0.3) is 0 Å². The van der Waals surface area contributed by atoms with Crippen LogP contribution in [0.25, 0.3) is 0 Å². The second-order valence-corrected chi connectivity index (χ2v) is 0. The van der Waals surface area contributed by atoms with Gasteiger partial charge < -0.3 is 0 Å². The Morgan fingerprint density at radius 3 is 0.400 bits per heavy atom. The van der Waals surface area contributed by atoms with Crippen LogP contribution in [-0.4, -0.2) is 69.4 Å². The molecule has 18 valence electrons. The Morgan fingerprint density at radius 2 is 0.400 bits per heavy atom. The molecule has 0 aromatic carbocycles. The summed E-state index contributed by atoms with van der Waals surface area (Å²) in [6.07, 6.45) is 0. The number of rotatable bonds is 0. The van der Waals surface area contributed by atoms with E-state index in [9.17, 15) is 0 Å². The zero-order valence-electron chi connectivity index (χ0n) is 2.72. The SMILES string of the molecule is [Al].[Al].[Al].[Al].[W]. The first-order chi connectivity index (χ1) is 0. The largest absolute Gasteiger partial charge is 0 e. The van der Waals surface area contributed by atoms with Crippen molar-refractivity contribution in [1.82, 2.24) is 0 Å². The third-order valence-electron chi connectivity index (χ3n) is 0. The van der Waals surface area contributed by atoms with Crippen LogP contribution in [0.3, 0.4) is 0 Å². The molecule has 0 spiro atoms. The predicted molar refractivity (Wildman–Crippen MR) is 23.0 cm³/mol. The Bertz CT molecular complexity index is 3.61. The fourth-order valence-corrected chi connectivity index (χ4v) is 0. The third kappa shape index (κ3) is 19.9. The molecule has 0 amide bonds. The zero-order valence-corrected chi connectivity index (χ0v) is 10.3. The topological polar surface area (TPSA) is 0 Å². The van der Waals surface area contributed by atoms with Crippen molar-refractivity contribution in [3.63, 3.8) is 0 Å². The molecule has 0 aromatic heterocycles. The van der Waals surface area contributed by atoms with Gasteiger partial charge >= 0.3 is 0 Å². The summed E-state index contributed by atoms with van der Waals surface area (Å²) < 4.78 is 0. The van der Waals surface area contributed by atoms with Crippen LogP contribution in [0.4, 0.5) is 0 Å². The molecule has 0 aliphatic heterocycles. The monoisotopic (exact) mass is 292 g/mol. The fraction of sp³-hybridized carbons (Fsp3) is 0. The maximum atomic E-state index is 0. The smallest absolute Gasteiger partial charge is 0 e.